The maximum atomic E-state index is 10.6. The molecule has 3 unspecified atom stereocenters. The number of hydrogen-bond donors (Lipinski definition) is 1. The van der Waals surface area contributed by atoms with Gasteiger partial charge < -0.3 is 14.6 Å². The lowest BCUT2D eigenvalue weighted by Gasteiger charge is -2.24. The smallest absolute Gasteiger partial charge is 0.161 e. The second-order valence-electron chi connectivity index (χ2n) is 5.25. The third kappa shape index (κ3) is 2.90. The minimum absolute atomic E-state index is 0.328. The van der Waals surface area contributed by atoms with Gasteiger partial charge in [-0.15, -0.1) is 0 Å². The van der Waals surface area contributed by atoms with Crippen molar-refractivity contribution in [2.45, 2.75) is 32.3 Å². The summed E-state index contributed by atoms with van der Waals surface area (Å²) in [4.78, 5) is 0. The third-order valence-electron chi connectivity index (χ3n) is 4.15. The van der Waals surface area contributed by atoms with E-state index in [2.05, 4.69) is 22.9 Å². The summed E-state index contributed by atoms with van der Waals surface area (Å²) in [5.74, 6) is 2.22. The number of benzene rings is 1. The second kappa shape index (κ2) is 6.14. The lowest BCUT2D eigenvalue weighted by Crippen LogP contribution is -2.15. The quantitative estimate of drug-likeness (QED) is 0.909. The van der Waals surface area contributed by atoms with Gasteiger partial charge in [0, 0.05) is 4.47 Å². The minimum Gasteiger partial charge on any atom is -0.493 e. The van der Waals surface area contributed by atoms with Crippen molar-refractivity contribution < 1.29 is 14.6 Å². The highest BCUT2D eigenvalue weighted by Crippen LogP contribution is 2.44. The molecule has 1 saturated carbocycles. The van der Waals surface area contributed by atoms with Crippen LogP contribution in [0.1, 0.15) is 37.9 Å². The summed E-state index contributed by atoms with van der Waals surface area (Å²) in [5.41, 5.74) is 0.886. The number of rotatable bonds is 4. The molecular weight excluding hydrogens is 308 g/mol. The molecule has 3 nitrogen and oxygen atoms in total. The van der Waals surface area contributed by atoms with Gasteiger partial charge in [0.05, 0.1) is 20.3 Å². The van der Waals surface area contributed by atoms with Crippen LogP contribution in [0.25, 0.3) is 0 Å². The van der Waals surface area contributed by atoms with Crippen LogP contribution in [0.5, 0.6) is 11.5 Å². The molecule has 19 heavy (non-hydrogen) atoms. The molecule has 0 saturated heterocycles. The van der Waals surface area contributed by atoms with Crippen LogP contribution in [0, 0.1) is 11.8 Å². The van der Waals surface area contributed by atoms with Gasteiger partial charge in [-0.05, 0) is 36.0 Å². The Hall–Kier alpha value is -0.740. The molecule has 0 aromatic heterocycles. The van der Waals surface area contributed by atoms with Gasteiger partial charge in [0.25, 0.3) is 0 Å². The van der Waals surface area contributed by atoms with Crippen molar-refractivity contribution in [3.8, 4) is 11.5 Å². The van der Waals surface area contributed by atoms with E-state index in [0.717, 1.165) is 16.5 Å². The van der Waals surface area contributed by atoms with Gasteiger partial charge >= 0.3 is 0 Å². The van der Waals surface area contributed by atoms with E-state index < -0.39 is 6.10 Å². The number of methoxy groups -OCH3 is 2. The van der Waals surface area contributed by atoms with Crippen LogP contribution >= 0.6 is 15.9 Å². The molecule has 0 amide bonds. The van der Waals surface area contributed by atoms with Crippen molar-refractivity contribution >= 4 is 15.9 Å². The molecule has 2 rings (SSSR count). The first kappa shape index (κ1) is 14.7. The van der Waals surface area contributed by atoms with Gasteiger partial charge in [0.1, 0.15) is 0 Å². The highest BCUT2D eigenvalue weighted by Gasteiger charge is 2.32. The van der Waals surface area contributed by atoms with Crippen molar-refractivity contribution in [3.63, 3.8) is 0 Å². The van der Waals surface area contributed by atoms with Crippen molar-refractivity contribution in [1.82, 2.24) is 0 Å². The fourth-order valence-corrected chi connectivity index (χ4v) is 3.53. The standard InChI is InChI=1S/C15H21BrO3/c1-9-5-4-6-10(9)15(17)11-7-13(18-2)14(19-3)8-12(11)16/h7-10,15,17H,4-6H2,1-3H3. The van der Waals surface area contributed by atoms with Crippen LogP contribution in [0.2, 0.25) is 0 Å². The average molecular weight is 329 g/mol. The lowest BCUT2D eigenvalue weighted by atomic mass is 9.88. The molecular formula is C15H21BrO3. The highest BCUT2D eigenvalue weighted by molar-refractivity contribution is 9.10. The Balaban J connectivity index is 2.33. The molecule has 0 aliphatic heterocycles. The van der Waals surface area contributed by atoms with E-state index in [9.17, 15) is 5.11 Å². The van der Waals surface area contributed by atoms with Crippen molar-refractivity contribution in [2.24, 2.45) is 11.8 Å². The van der Waals surface area contributed by atoms with Gasteiger partial charge in [-0.25, -0.2) is 0 Å². The Kier molecular flexibility index (Phi) is 4.74. The van der Waals surface area contributed by atoms with Crippen molar-refractivity contribution in [2.75, 3.05) is 14.2 Å². The van der Waals surface area contributed by atoms with Crippen LogP contribution in [0.15, 0.2) is 16.6 Å². The van der Waals surface area contributed by atoms with Gasteiger partial charge in [-0.1, -0.05) is 35.7 Å². The second-order valence-corrected chi connectivity index (χ2v) is 6.10. The summed E-state index contributed by atoms with van der Waals surface area (Å²) < 4.78 is 11.4. The van der Waals surface area contributed by atoms with E-state index in [1.54, 1.807) is 14.2 Å². The summed E-state index contributed by atoms with van der Waals surface area (Å²) in [5, 5.41) is 10.6. The largest absolute Gasteiger partial charge is 0.493 e. The SMILES string of the molecule is COc1cc(Br)c(C(O)C2CCCC2C)cc1OC. The molecule has 1 aliphatic rings. The molecule has 1 aliphatic carbocycles. The molecule has 0 spiro atoms. The maximum absolute atomic E-state index is 10.6. The van der Waals surface area contributed by atoms with Crippen LogP contribution in [-0.2, 0) is 0 Å². The van der Waals surface area contributed by atoms with Gasteiger partial charge in [0.15, 0.2) is 11.5 Å². The molecule has 1 aromatic rings. The normalized spacial score (nSPS) is 24.3. The van der Waals surface area contributed by atoms with Crippen LogP contribution < -0.4 is 9.47 Å². The summed E-state index contributed by atoms with van der Waals surface area (Å²) in [6.45, 7) is 2.22. The van der Waals surface area contributed by atoms with Crippen LogP contribution in [0.3, 0.4) is 0 Å². The molecule has 3 atom stereocenters. The first-order valence-corrected chi connectivity index (χ1v) is 7.47. The zero-order chi connectivity index (χ0) is 14.0. The Morgan fingerprint density at radius 2 is 1.84 bits per heavy atom. The fraction of sp³-hybridized carbons (Fsp3) is 0.600. The molecule has 0 bridgehead atoms. The highest BCUT2D eigenvalue weighted by atomic mass is 79.9. The van der Waals surface area contributed by atoms with E-state index in [1.807, 2.05) is 12.1 Å². The molecule has 106 valence electrons. The Labute approximate surface area is 123 Å². The summed E-state index contributed by atoms with van der Waals surface area (Å²) in [6, 6.07) is 3.73. The third-order valence-corrected chi connectivity index (χ3v) is 4.84. The lowest BCUT2D eigenvalue weighted by molar-refractivity contribution is 0.0891. The average Bonchev–Trinajstić information content (AvgIpc) is 2.83. The monoisotopic (exact) mass is 328 g/mol. The maximum Gasteiger partial charge on any atom is 0.161 e. The molecule has 1 aromatic carbocycles. The minimum atomic E-state index is -0.452. The van der Waals surface area contributed by atoms with E-state index in [1.165, 1.54) is 12.8 Å². The molecule has 4 heteroatoms. The van der Waals surface area contributed by atoms with E-state index in [4.69, 9.17) is 9.47 Å². The van der Waals surface area contributed by atoms with Gasteiger partial charge in [-0.2, -0.15) is 0 Å². The fourth-order valence-electron chi connectivity index (χ4n) is 2.97. The Bertz CT molecular complexity index is 447. The summed E-state index contributed by atoms with van der Waals surface area (Å²) in [7, 11) is 3.22. The van der Waals surface area contributed by atoms with Gasteiger partial charge in [-0.3, -0.25) is 0 Å². The first-order valence-electron chi connectivity index (χ1n) is 6.68. The van der Waals surface area contributed by atoms with Crippen LogP contribution in [-0.4, -0.2) is 19.3 Å². The van der Waals surface area contributed by atoms with Crippen LogP contribution in [0.4, 0.5) is 0 Å². The topological polar surface area (TPSA) is 38.7 Å². The summed E-state index contributed by atoms with van der Waals surface area (Å²) >= 11 is 3.52. The van der Waals surface area contributed by atoms with Crippen molar-refractivity contribution in [1.29, 1.82) is 0 Å². The molecule has 1 fully saturated rings. The first-order chi connectivity index (χ1) is 9.08. The number of halogens is 1. The predicted octanol–water partition coefficient (Wildman–Crippen LogP) is 3.94. The molecule has 1 N–H and O–H groups in total. The predicted molar refractivity (Wildman–Crippen MR) is 78.7 cm³/mol. The number of aliphatic hydroxyl groups excluding tert-OH is 1. The zero-order valence-electron chi connectivity index (χ0n) is 11.6. The van der Waals surface area contributed by atoms with Gasteiger partial charge in [0.2, 0.25) is 0 Å². The zero-order valence-corrected chi connectivity index (χ0v) is 13.2. The number of ether oxygens (including phenoxy) is 2. The Morgan fingerprint density at radius 3 is 2.37 bits per heavy atom. The Morgan fingerprint density at radius 1 is 1.21 bits per heavy atom. The summed E-state index contributed by atoms with van der Waals surface area (Å²) in [6.07, 6.45) is 3.04. The number of aliphatic hydroxyl groups is 1. The molecule has 0 heterocycles. The van der Waals surface area contributed by atoms with E-state index in [-0.39, 0.29) is 0 Å². The van der Waals surface area contributed by atoms with Crippen molar-refractivity contribution in [3.05, 3.63) is 22.2 Å². The van der Waals surface area contributed by atoms with E-state index in [0.29, 0.717) is 23.3 Å². The number of hydrogen-bond acceptors (Lipinski definition) is 3. The van der Waals surface area contributed by atoms with E-state index >= 15 is 0 Å². The molecule has 0 radical (unpaired) electrons.